The first kappa shape index (κ1) is 15.5. The maximum absolute atomic E-state index is 12.4. The number of carbonyl (C=O) groups is 1. The summed E-state index contributed by atoms with van der Waals surface area (Å²) in [4.78, 5) is 12.4. The van der Waals surface area contributed by atoms with Gasteiger partial charge in [-0.05, 0) is 54.1 Å². The van der Waals surface area contributed by atoms with Gasteiger partial charge in [-0.2, -0.15) is 0 Å². The molecule has 2 nitrogen and oxygen atoms in total. The third-order valence-corrected chi connectivity index (χ3v) is 4.12. The quantitative estimate of drug-likeness (QED) is 0.622. The molecule has 3 rings (SSSR count). The van der Waals surface area contributed by atoms with Gasteiger partial charge in [0.1, 0.15) is 0 Å². The van der Waals surface area contributed by atoms with Crippen molar-refractivity contribution in [2.45, 2.75) is 6.54 Å². The molecule has 0 aliphatic rings. The lowest BCUT2D eigenvalue weighted by atomic mass is 10.0. The minimum Gasteiger partial charge on any atom is -0.381 e. The number of benzene rings is 3. The zero-order valence-corrected chi connectivity index (χ0v) is 14.1. The van der Waals surface area contributed by atoms with Crippen LogP contribution in [0.4, 0.5) is 5.69 Å². The van der Waals surface area contributed by atoms with Gasteiger partial charge in [-0.25, -0.2) is 0 Å². The zero-order valence-electron chi connectivity index (χ0n) is 12.5. The van der Waals surface area contributed by atoms with Crippen molar-refractivity contribution in [1.82, 2.24) is 0 Å². The van der Waals surface area contributed by atoms with E-state index in [-0.39, 0.29) is 5.78 Å². The van der Waals surface area contributed by atoms with Crippen LogP contribution in [0.15, 0.2) is 83.3 Å². The maximum Gasteiger partial charge on any atom is 0.193 e. The molecular formula is C20H16BrNO. The normalized spacial score (nSPS) is 10.3. The monoisotopic (exact) mass is 365 g/mol. The molecule has 0 aliphatic carbocycles. The summed E-state index contributed by atoms with van der Waals surface area (Å²) in [7, 11) is 0. The summed E-state index contributed by atoms with van der Waals surface area (Å²) in [6, 6.07) is 25.2. The molecule has 3 aromatic carbocycles. The number of nitrogens with one attached hydrogen (secondary N) is 1. The van der Waals surface area contributed by atoms with Crippen LogP contribution >= 0.6 is 15.9 Å². The highest BCUT2D eigenvalue weighted by molar-refractivity contribution is 9.10. The van der Waals surface area contributed by atoms with Crippen molar-refractivity contribution in [2.75, 3.05) is 5.32 Å². The number of anilines is 1. The molecule has 0 fully saturated rings. The van der Waals surface area contributed by atoms with E-state index in [9.17, 15) is 4.79 Å². The van der Waals surface area contributed by atoms with Crippen molar-refractivity contribution in [2.24, 2.45) is 0 Å². The van der Waals surface area contributed by atoms with Gasteiger partial charge in [0.2, 0.25) is 0 Å². The second-order valence-corrected chi connectivity index (χ2v) is 6.17. The second-order valence-electron chi connectivity index (χ2n) is 5.25. The summed E-state index contributed by atoms with van der Waals surface area (Å²) >= 11 is 3.38. The Hall–Kier alpha value is -2.39. The maximum atomic E-state index is 12.4. The van der Waals surface area contributed by atoms with Crippen LogP contribution in [0.5, 0.6) is 0 Å². The Morgan fingerprint density at radius 3 is 1.96 bits per heavy atom. The van der Waals surface area contributed by atoms with Crippen LogP contribution in [0.25, 0.3) is 0 Å². The first-order chi connectivity index (χ1) is 11.2. The SMILES string of the molecule is O=C(c1ccc(Br)cc1)c1ccc(NCc2ccccc2)cc1. The van der Waals surface area contributed by atoms with Crippen LogP contribution in [0.1, 0.15) is 21.5 Å². The number of carbonyl (C=O) groups excluding carboxylic acids is 1. The van der Waals surface area contributed by atoms with Gasteiger partial charge < -0.3 is 5.32 Å². The molecule has 0 saturated heterocycles. The second kappa shape index (κ2) is 7.25. The highest BCUT2D eigenvalue weighted by Gasteiger charge is 2.08. The van der Waals surface area contributed by atoms with Crippen molar-refractivity contribution in [3.8, 4) is 0 Å². The molecule has 1 N–H and O–H groups in total. The number of ketones is 1. The van der Waals surface area contributed by atoms with Gasteiger partial charge in [0.05, 0.1) is 0 Å². The summed E-state index contributed by atoms with van der Waals surface area (Å²) in [5.74, 6) is 0.0344. The first-order valence-electron chi connectivity index (χ1n) is 7.40. The third-order valence-electron chi connectivity index (χ3n) is 3.59. The minimum absolute atomic E-state index is 0.0344. The predicted molar refractivity (Wildman–Crippen MR) is 97.8 cm³/mol. The fraction of sp³-hybridized carbons (Fsp3) is 0.0500. The summed E-state index contributed by atoms with van der Waals surface area (Å²) < 4.78 is 0.967. The molecule has 0 saturated carbocycles. The molecule has 23 heavy (non-hydrogen) atoms. The summed E-state index contributed by atoms with van der Waals surface area (Å²) in [6.45, 7) is 0.765. The highest BCUT2D eigenvalue weighted by Crippen LogP contribution is 2.17. The Balaban J connectivity index is 1.67. The number of hydrogen-bond donors (Lipinski definition) is 1. The van der Waals surface area contributed by atoms with Crippen molar-refractivity contribution >= 4 is 27.4 Å². The average Bonchev–Trinajstić information content (AvgIpc) is 2.61. The topological polar surface area (TPSA) is 29.1 Å². The van der Waals surface area contributed by atoms with Crippen molar-refractivity contribution in [3.05, 3.63) is 100 Å². The Bertz CT molecular complexity index is 780. The van der Waals surface area contributed by atoms with Gasteiger partial charge in [-0.3, -0.25) is 4.79 Å². The molecule has 0 spiro atoms. The van der Waals surface area contributed by atoms with E-state index in [1.54, 1.807) is 0 Å². The molecule has 3 aromatic rings. The Labute approximate surface area is 144 Å². The first-order valence-corrected chi connectivity index (χ1v) is 8.20. The summed E-state index contributed by atoms with van der Waals surface area (Å²) in [6.07, 6.45) is 0. The molecule has 0 heterocycles. The van der Waals surface area contributed by atoms with Crippen molar-refractivity contribution in [1.29, 1.82) is 0 Å². The van der Waals surface area contributed by atoms with Gasteiger partial charge in [0.25, 0.3) is 0 Å². The molecule has 0 bridgehead atoms. The van der Waals surface area contributed by atoms with E-state index >= 15 is 0 Å². The lowest BCUT2D eigenvalue weighted by Gasteiger charge is -2.07. The summed E-state index contributed by atoms with van der Waals surface area (Å²) in [5, 5.41) is 3.36. The molecule has 0 aromatic heterocycles. The fourth-order valence-corrected chi connectivity index (χ4v) is 2.57. The lowest BCUT2D eigenvalue weighted by molar-refractivity contribution is 0.103. The standard InChI is InChI=1S/C20H16BrNO/c21-18-10-6-16(7-11-18)20(23)17-8-12-19(13-9-17)22-14-15-4-2-1-3-5-15/h1-13,22H,14H2. The Morgan fingerprint density at radius 2 is 1.35 bits per heavy atom. The van der Waals surface area contributed by atoms with Crippen LogP contribution in [-0.4, -0.2) is 5.78 Å². The molecule has 3 heteroatoms. The lowest BCUT2D eigenvalue weighted by Crippen LogP contribution is -2.02. The van der Waals surface area contributed by atoms with E-state index in [4.69, 9.17) is 0 Å². The van der Waals surface area contributed by atoms with Gasteiger partial charge in [-0.1, -0.05) is 46.3 Å². The van der Waals surface area contributed by atoms with E-state index in [0.29, 0.717) is 11.1 Å². The molecular weight excluding hydrogens is 350 g/mol. The summed E-state index contributed by atoms with van der Waals surface area (Å²) in [5.41, 5.74) is 3.61. The molecule has 0 amide bonds. The van der Waals surface area contributed by atoms with E-state index in [1.807, 2.05) is 66.7 Å². The number of rotatable bonds is 5. The van der Waals surface area contributed by atoms with Crippen molar-refractivity contribution < 1.29 is 4.79 Å². The van der Waals surface area contributed by atoms with Crippen LogP contribution in [0, 0.1) is 0 Å². The third kappa shape index (κ3) is 4.08. The molecule has 0 unspecified atom stereocenters. The highest BCUT2D eigenvalue weighted by atomic mass is 79.9. The van der Waals surface area contributed by atoms with E-state index in [1.165, 1.54) is 5.56 Å². The van der Waals surface area contributed by atoms with Crippen LogP contribution in [0.2, 0.25) is 0 Å². The molecule has 0 aliphatic heterocycles. The van der Waals surface area contributed by atoms with Crippen LogP contribution in [0.3, 0.4) is 0 Å². The molecule has 0 atom stereocenters. The van der Waals surface area contributed by atoms with Crippen LogP contribution in [-0.2, 0) is 6.54 Å². The van der Waals surface area contributed by atoms with Crippen LogP contribution < -0.4 is 5.32 Å². The Kier molecular flexibility index (Phi) is 4.89. The molecule has 114 valence electrons. The van der Waals surface area contributed by atoms with Gasteiger partial charge in [-0.15, -0.1) is 0 Å². The van der Waals surface area contributed by atoms with E-state index in [0.717, 1.165) is 16.7 Å². The van der Waals surface area contributed by atoms with E-state index in [2.05, 4.69) is 33.4 Å². The van der Waals surface area contributed by atoms with Gasteiger partial charge >= 0.3 is 0 Å². The number of halogens is 1. The fourth-order valence-electron chi connectivity index (χ4n) is 2.31. The smallest absolute Gasteiger partial charge is 0.193 e. The van der Waals surface area contributed by atoms with Gasteiger partial charge in [0.15, 0.2) is 5.78 Å². The zero-order chi connectivity index (χ0) is 16.1. The number of hydrogen-bond acceptors (Lipinski definition) is 2. The largest absolute Gasteiger partial charge is 0.381 e. The predicted octanol–water partition coefficient (Wildman–Crippen LogP) is 5.29. The Morgan fingerprint density at radius 1 is 0.783 bits per heavy atom. The van der Waals surface area contributed by atoms with Crippen molar-refractivity contribution in [3.63, 3.8) is 0 Å². The average molecular weight is 366 g/mol. The minimum atomic E-state index is 0.0344. The van der Waals surface area contributed by atoms with Gasteiger partial charge in [0, 0.05) is 27.8 Å². The van der Waals surface area contributed by atoms with E-state index < -0.39 is 0 Å². The molecule has 0 radical (unpaired) electrons.